The number of aldehydes is 1. The molecule has 0 aliphatic carbocycles. The lowest BCUT2D eigenvalue weighted by Gasteiger charge is -2.34. The smallest absolute Gasteiger partial charge is 0.146 e. The molecule has 0 aromatic heterocycles. The van der Waals surface area contributed by atoms with E-state index in [0.29, 0.717) is 10.0 Å². The third kappa shape index (κ3) is 1.86. The standard InChI is InChI=1S/C17H13Cl2NO2/c1-8-3-2-4-10-14-15-11(19)5-9(18)6-12(15)20-13(7-21)17(14)22-16(8)10/h2-7,13-14,17,20H,1H3. The number of aryl methyl sites for hydroxylation is 1. The molecule has 1 N–H and O–H groups in total. The number of carbonyl (C=O) groups excluding carboxylic acids is 1. The number of ether oxygens (including phenoxy) is 1. The van der Waals surface area contributed by atoms with Gasteiger partial charge < -0.3 is 14.8 Å². The number of nitrogens with one attached hydrogen (secondary N) is 1. The van der Waals surface area contributed by atoms with Gasteiger partial charge in [0.2, 0.25) is 0 Å². The lowest BCUT2D eigenvalue weighted by Crippen LogP contribution is -2.44. The Morgan fingerprint density at radius 3 is 2.86 bits per heavy atom. The van der Waals surface area contributed by atoms with Gasteiger partial charge in [-0.25, -0.2) is 0 Å². The monoisotopic (exact) mass is 333 g/mol. The number of hydrogen-bond acceptors (Lipinski definition) is 3. The van der Waals surface area contributed by atoms with E-state index in [9.17, 15) is 4.79 Å². The van der Waals surface area contributed by atoms with E-state index in [1.807, 2.05) is 31.2 Å². The highest BCUT2D eigenvalue weighted by Gasteiger charge is 2.46. The summed E-state index contributed by atoms with van der Waals surface area (Å²) in [5, 5.41) is 4.33. The van der Waals surface area contributed by atoms with Crippen LogP contribution in [0.5, 0.6) is 5.75 Å². The van der Waals surface area contributed by atoms with Crippen LogP contribution in [0.1, 0.15) is 22.6 Å². The molecule has 112 valence electrons. The number of para-hydroxylation sites is 1. The van der Waals surface area contributed by atoms with Gasteiger partial charge in [-0.2, -0.15) is 0 Å². The fourth-order valence-corrected chi connectivity index (χ4v) is 4.07. The summed E-state index contributed by atoms with van der Waals surface area (Å²) < 4.78 is 6.10. The highest BCUT2D eigenvalue weighted by molar-refractivity contribution is 6.35. The van der Waals surface area contributed by atoms with Crippen LogP contribution in [0.3, 0.4) is 0 Å². The molecule has 0 amide bonds. The summed E-state index contributed by atoms with van der Waals surface area (Å²) in [6.45, 7) is 2.00. The third-order valence-electron chi connectivity index (χ3n) is 4.39. The van der Waals surface area contributed by atoms with E-state index in [1.165, 1.54) is 0 Å². The lowest BCUT2D eigenvalue weighted by molar-refractivity contribution is -0.110. The molecule has 3 nitrogen and oxygen atoms in total. The molecular weight excluding hydrogens is 321 g/mol. The Balaban J connectivity index is 1.98. The largest absolute Gasteiger partial charge is 0.486 e. The number of halogens is 2. The molecule has 2 aromatic carbocycles. The minimum atomic E-state index is -0.432. The quantitative estimate of drug-likeness (QED) is 0.795. The van der Waals surface area contributed by atoms with Gasteiger partial charge in [-0.1, -0.05) is 41.4 Å². The normalized spacial score (nSPS) is 24.6. The summed E-state index contributed by atoms with van der Waals surface area (Å²) in [5.74, 6) is 0.788. The maximum absolute atomic E-state index is 11.5. The summed E-state index contributed by atoms with van der Waals surface area (Å²) in [4.78, 5) is 11.5. The van der Waals surface area contributed by atoms with Gasteiger partial charge >= 0.3 is 0 Å². The molecule has 0 saturated heterocycles. The van der Waals surface area contributed by atoms with Crippen molar-refractivity contribution in [2.75, 3.05) is 5.32 Å². The first kappa shape index (κ1) is 13.9. The van der Waals surface area contributed by atoms with Crippen molar-refractivity contribution in [1.82, 2.24) is 0 Å². The van der Waals surface area contributed by atoms with Gasteiger partial charge in [0, 0.05) is 26.9 Å². The van der Waals surface area contributed by atoms with Gasteiger partial charge in [0.05, 0.1) is 5.92 Å². The fourth-order valence-electron chi connectivity index (χ4n) is 3.46. The minimum absolute atomic E-state index is 0.0638. The zero-order chi connectivity index (χ0) is 15.4. The van der Waals surface area contributed by atoms with Crippen molar-refractivity contribution in [3.63, 3.8) is 0 Å². The Morgan fingerprint density at radius 2 is 2.09 bits per heavy atom. The Morgan fingerprint density at radius 1 is 1.27 bits per heavy atom. The number of carbonyl (C=O) groups is 1. The van der Waals surface area contributed by atoms with Crippen LogP contribution in [0.25, 0.3) is 0 Å². The van der Waals surface area contributed by atoms with Crippen molar-refractivity contribution < 1.29 is 9.53 Å². The van der Waals surface area contributed by atoms with Crippen molar-refractivity contribution in [3.05, 3.63) is 57.1 Å². The first-order valence-electron chi connectivity index (χ1n) is 7.07. The maximum Gasteiger partial charge on any atom is 0.146 e. The topological polar surface area (TPSA) is 38.3 Å². The number of fused-ring (bicyclic) bond motifs is 5. The van der Waals surface area contributed by atoms with Gasteiger partial charge in [-0.05, 0) is 24.6 Å². The summed E-state index contributed by atoms with van der Waals surface area (Å²) in [5.41, 5.74) is 3.87. The fraction of sp³-hybridized carbons (Fsp3) is 0.235. The predicted octanol–water partition coefficient (Wildman–Crippen LogP) is 4.19. The van der Waals surface area contributed by atoms with Crippen molar-refractivity contribution in [3.8, 4) is 5.75 Å². The zero-order valence-electron chi connectivity index (χ0n) is 11.8. The van der Waals surface area contributed by atoms with Crippen LogP contribution in [0.4, 0.5) is 5.69 Å². The third-order valence-corrected chi connectivity index (χ3v) is 4.92. The number of rotatable bonds is 1. The number of benzene rings is 2. The predicted molar refractivity (Wildman–Crippen MR) is 87.4 cm³/mol. The molecule has 0 fully saturated rings. The molecule has 2 aliphatic heterocycles. The van der Waals surface area contributed by atoms with E-state index < -0.39 is 6.04 Å². The van der Waals surface area contributed by atoms with Gasteiger partial charge in [0.25, 0.3) is 0 Å². The van der Waals surface area contributed by atoms with Crippen LogP contribution in [0.2, 0.25) is 10.0 Å². The molecule has 4 rings (SSSR count). The Labute approximate surface area is 138 Å². The Hall–Kier alpha value is -1.71. The van der Waals surface area contributed by atoms with Gasteiger partial charge in [-0.3, -0.25) is 0 Å². The molecule has 0 radical (unpaired) electrons. The van der Waals surface area contributed by atoms with E-state index >= 15 is 0 Å². The van der Waals surface area contributed by atoms with Crippen LogP contribution in [-0.2, 0) is 4.79 Å². The number of anilines is 1. The van der Waals surface area contributed by atoms with Crippen molar-refractivity contribution in [2.45, 2.75) is 25.0 Å². The summed E-state index contributed by atoms with van der Waals surface area (Å²) in [6.07, 6.45) is 0.594. The highest BCUT2D eigenvalue weighted by Crippen LogP contribution is 2.51. The second-order valence-corrected chi connectivity index (χ2v) is 6.55. The van der Waals surface area contributed by atoms with Crippen LogP contribution in [0, 0.1) is 6.92 Å². The molecule has 0 bridgehead atoms. The van der Waals surface area contributed by atoms with E-state index in [-0.39, 0.29) is 12.0 Å². The van der Waals surface area contributed by atoms with Crippen molar-refractivity contribution in [2.24, 2.45) is 0 Å². The molecule has 0 spiro atoms. The van der Waals surface area contributed by atoms with Gasteiger partial charge in [0.15, 0.2) is 0 Å². The van der Waals surface area contributed by atoms with Gasteiger partial charge in [0.1, 0.15) is 24.2 Å². The maximum atomic E-state index is 11.5. The lowest BCUT2D eigenvalue weighted by atomic mass is 9.81. The first-order chi connectivity index (χ1) is 10.6. The minimum Gasteiger partial charge on any atom is -0.486 e. The van der Waals surface area contributed by atoms with Crippen molar-refractivity contribution >= 4 is 35.2 Å². The van der Waals surface area contributed by atoms with Crippen LogP contribution >= 0.6 is 23.2 Å². The molecule has 0 saturated carbocycles. The van der Waals surface area contributed by atoms with Crippen molar-refractivity contribution in [1.29, 1.82) is 0 Å². The Kier molecular flexibility index (Phi) is 3.10. The molecule has 3 unspecified atom stereocenters. The van der Waals surface area contributed by atoms with E-state index in [1.54, 1.807) is 6.07 Å². The van der Waals surface area contributed by atoms with E-state index in [0.717, 1.165) is 34.4 Å². The molecular formula is C17H13Cl2NO2. The first-order valence-corrected chi connectivity index (χ1v) is 7.82. The molecule has 5 heteroatoms. The van der Waals surface area contributed by atoms with Crippen LogP contribution in [0.15, 0.2) is 30.3 Å². The Bertz CT molecular complexity index is 790. The number of hydrogen-bond donors (Lipinski definition) is 1. The molecule has 22 heavy (non-hydrogen) atoms. The second kappa shape index (κ2) is 4.90. The molecule has 3 atom stereocenters. The molecule has 2 aromatic rings. The SMILES string of the molecule is Cc1cccc2c1OC1C(C=O)Nc3cc(Cl)cc(Cl)c3C21. The molecule has 2 heterocycles. The van der Waals surface area contributed by atoms with Gasteiger partial charge in [-0.15, -0.1) is 0 Å². The second-order valence-electron chi connectivity index (χ2n) is 5.71. The average molecular weight is 334 g/mol. The van der Waals surface area contributed by atoms with Crippen LogP contribution in [-0.4, -0.2) is 18.4 Å². The highest BCUT2D eigenvalue weighted by atomic mass is 35.5. The van der Waals surface area contributed by atoms with E-state index in [4.69, 9.17) is 27.9 Å². The average Bonchev–Trinajstić information content (AvgIpc) is 2.87. The van der Waals surface area contributed by atoms with E-state index in [2.05, 4.69) is 5.32 Å². The summed E-state index contributed by atoms with van der Waals surface area (Å²) >= 11 is 12.5. The van der Waals surface area contributed by atoms with Crippen LogP contribution < -0.4 is 10.1 Å². The summed E-state index contributed by atoms with van der Waals surface area (Å²) in [6, 6.07) is 9.15. The zero-order valence-corrected chi connectivity index (χ0v) is 13.3. The molecule has 2 aliphatic rings. The summed E-state index contributed by atoms with van der Waals surface area (Å²) in [7, 11) is 0.